The standard InChI is InChI=1S/C16H18N4/c1-4-14(16-6-9-18-13-15(16)5-1)12-17-7-2-10-20-11-3-8-19-20/h1,3-6,8-9,11,13,17H,2,7,10,12H2. The van der Waals surface area contributed by atoms with Gasteiger partial charge in [0.25, 0.3) is 0 Å². The minimum atomic E-state index is 0.889. The van der Waals surface area contributed by atoms with E-state index in [0.29, 0.717) is 0 Å². The topological polar surface area (TPSA) is 42.7 Å². The van der Waals surface area contributed by atoms with Gasteiger partial charge in [-0.15, -0.1) is 0 Å². The number of aromatic nitrogens is 3. The van der Waals surface area contributed by atoms with Gasteiger partial charge in [-0.25, -0.2) is 0 Å². The predicted molar refractivity (Wildman–Crippen MR) is 80.3 cm³/mol. The highest BCUT2D eigenvalue weighted by atomic mass is 15.3. The summed E-state index contributed by atoms with van der Waals surface area (Å²) in [5.41, 5.74) is 1.32. The lowest BCUT2D eigenvalue weighted by Gasteiger charge is -2.08. The van der Waals surface area contributed by atoms with E-state index >= 15 is 0 Å². The van der Waals surface area contributed by atoms with E-state index in [1.165, 1.54) is 16.3 Å². The van der Waals surface area contributed by atoms with Gasteiger partial charge in [0.2, 0.25) is 0 Å². The van der Waals surface area contributed by atoms with Gasteiger partial charge in [-0.1, -0.05) is 18.2 Å². The monoisotopic (exact) mass is 266 g/mol. The Kier molecular flexibility index (Phi) is 4.04. The Morgan fingerprint density at radius 3 is 3.00 bits per heavy atom. The molecule has 4 heteroatoms. The first-order chi connectivity index (χ1) is 9.93. The van der Waals surface area contributed by atoms with E-state index in [1.54, 1.807) is 0 Å². The van der Waals surface area contributed by atoms with E-state index in [1.807, 2.05) is 35.5 Å². The van der Waals surface area contributed by atoms with Gasteiger partial charge in [0.1, 0.15) is 0 Å². The maximum Gasteiger partial charge on any atom is 0.0489 e. The summed E-state index contributed by atoms with van der Waals surface area (Å²) in [7, 11) is 0. The van der Waals surface area contributed by atoms with Gasteiger partial charge in [0.05, 0.1) is 0 Å². The number of pyridine rings is 1. The van der Waals surface area contributed by atoms with E-state index in [4.69, 9.17) is 0 Å². The molecule has 2 aromatic heterocycles. The molecular weight excluding hydrogens is 248 g/mol. The molecule has 3 aromatic rings. The normalized spacial score (nSPS) is 11.0. The number of rotatable bonds is 6. The molecule has 0 aliphatic rings. The van der Waals surface area contributed by atoms with Crippen LogP contribution in [-0.2, 0) is 13.1 Å². The third-order valence-electron chi connectivity index (χ3n) is 3.39. The van der Waals surface area contributed by atoms with Crippen LogP contribution in [0.4, 0.5) is 0 Å². The van der Waals surface area contributed by atoms with Crippen molar-refractivity contribution in [2.45, 2.75) is 19.5 Å². The molecule has 0 fully saturated rings. The Balaban J connectivity index is 1.52. The molecule has 0 amide bonds. The smallest absolute Gasteiger partial charge is 0.0489 e. The first-order valence-electron chi connectivity index (χ1n) is 6.93. The molecule has 0 radical (unpaired) electrons. The van der Waals surface area contributed by atoms with E-state index in [-0.39, 0.29) is 0 Å². The second kappa shape index (κ2) is 6.30. The molecule has 4 nitrogen and oxygen atoms in total. The van der Waals surface area contributed by atoms with Crippen LogP contribution in [0.1, 0.15) is 12.0 Å². The number of nitrogens with one attached hydrogen (secondary N) is 1. The maximum absolute atomic E-state index is 4.19. The summed E-state index contributed by atoms with van der Waals surface area (Å²) < 4.78 is 1.96. The van der Waals surface area contributed by atoms with Gasteiger partial charge < -0.3 is 5.32 Å². The van der Waals surface area contributed by atoms with E-state index in [0.717, 1.165) is 26.1 Å². The summed E-state index contributed by atoms with van der Waals surface area (Å²) >= 11 is 0. The molecule has 2 heterocycles. The summed E-state index contributed by atoms with van der Waals surface area (Å²) in [4.78, 5) is 4.16. The molecule has 0 aliphatic heterocycles. The second-order valence-corrected chi connectivity index (χ2v) is 4.81. The zero-order valence-corrected chi connectivity index (χ0v) is 11.4. The minimum absolute atomic E-state index is 0.889. The average Bonchev–Trinajstić information content (AvgIpc) is 3.00. The van der Waals surface area contributed by atoms with E-state index in [9.17, 15) is 0 Å². The van der Waals surface area contributed by atoms with Crippen molar-refractivity contribution in [2.24, 2.45) is 0 Å². The van der Waals surface area contributed by atoms with Gasteiger partial charge in [0, 0.05) is 43.3 Å². The lowest BCUT2D eigenvalue weighted by molar-refractivity contribution is 0.544. The first-order valence-corrected chi connectivity index (χ1v) is 6.93. The predicted octanol–water partition coefficient (Wildman–Crippen LogP) is 2.61. The molecule has 3 rings (SSSR count). The fourth-order valence-corrected chi connectivity index (χ4v) is 2.37. The zero-order valence-electron chi connectivity index (χ0n) is 11.4. The number of benzene rings is 1. The van der Waals surface area contributed by atoms with Crippen LogP contribution >= 0.6 is 0 Å². The van der Waals surface area contributed by atoms with Crippen LogP contribution < -0.4 is 5.32 Å². The highest BCUT2D eigenvalue weighted by Gasteiger charge is 2.00. The number of aryl methyl sites for hydroxylation is 1. The second-order valence-electron chi connectivity index (χ2n) is 4.81. The number of hydrogen-bond donors (Lipinski definition) is 1. The van der Waals surface area contributed by atoms with Crippen LogP contribution in [-0.4, -0.2) is 21.3 Å². The third kappa shape index (κ3) is 3.03. The quantitative estimate of drug-likeness (QED) is 0.697. The van der Waals surface area contributed by atoms with Crippen LogP contribution in [0, 0.1) is 0 Å². The molecule has 0 atom stereocenters. The summed E-state index contributed by atoms with van der Waals surface area (Å²) in [6.45, 7) is 2.83. The maximum atomic E-state index is 4.19. The highest BCUT2D eigenvalue weighted by Crippen LogP contribution is 2.16. The molecule has 0 unspecified atom stereocenters. The van der Waals surface area contributed by atoms with Crippen LogP contribution in [0.2, 0.25) is 0 Å². The molecule has 0 aliphatic carbocycles. The van der Waals surface area contributed by atoms with Crippen molar-refractivity contribution >= 4 is 10.8 Å². The fraction of sp³-hybridized carbons (Fsp3) is 0.250. The number of hydrogen-bond acceptors (Lipinski definition) is 3. The lowest BCUT2D eigenvalue weighted by atomic mass is 10.1. The Hall–Kier alpha value is -2.20. The van der Waals surface area contributed by atoms with Crippen molar-refractivity contribution in [2.75, 3.05) is 6.54 Å². The van der Waals surface area contributed by atoms with Crippen LogP contribution in [0.5, 0.6) is 0 Å². The molecule has 102 valence electrons. The molecular formula is C16H18N4. The number of nitrogens with zero attached hydrogens (tertiary/aromatic N) is 3. The van der Waals surface area contributed by atoms with Gasteiger partial charge >= 0.3 is 0 Å². The first kappa shape index (κ1) is 12.8. The zero-order chi connectivity index (χ0) is 13.6. The SMILES string of the molecule is c1cc(CNCCCn2cccn2)c2ccncc2c1. The highest BCUT2D eigenvalue weighted by molar-refractivity contribution is 5.84. The van der Waals surface area contributed by atoms with E-state index in [2.05, 4.69) is 39.7 Å². The van der Waals surface area contributed by atoms with Gasteiger partial charge in [-0.2, -0.15) is 5.10 Å². The van der Waals surface area contributed by atoms with Crippen LogP contribution in [0.25, 0.3) is 10.8 Å². The van der Waals surface area contributed by atoms with Crippen molar-refractivity contribution in [1.29, 1.82) is 0 Å². The van der Waals surface area contributed by atoms with E-state index < -0.39 is 0 Å². The Labute approximate surface area is 118 Å². The molecule has 0 bridgehead atoms. The summed E-state index contributed by atoms with van der Waals surface area (Å²) in [5, 5.41) is 10.2. The molecule has 1 N–H and O–H groups in total. The van der Waals surface area contributed by atoms with Gasteiger partial charge in [-0.05, 0) is 36.0 Å². The lowest BCUT2D eigenvalue weighted by Crippen LogP contribution is -2.16. The molecule has 0 saturated heterocycles. The molecule has 0 spiro atoms. The summed E-state index contributed by atoms with van der Waals surface area (Å²) in [6, 6.07) is 10.4. The Bertz CT molecular complexity index is 656. The average molecular weight is 266 g/mol. The largest absolute Gasteiger partial charge is 0.313 e. The van der Waals surface area contributed by atoms with Gasteiger partial charge in [-0.3, -0.25) is 9.67 Å². The Morgan fingerprint density at radius 1 is 1.10 bits per heavy atom. The van der Waals surface area contributed by atoms with Crippen molar-refractivity contribution in [1.82, 2.24) is 20.1 Å². The molecule has 0 saturated carbocycles. The minimum Gasteiger partial charge on any atom is -0.313 e. The van der Waals surface area contributed by atoms with Crippen LogP contribution in [0.3, 0.4) is 0 Å². The van der Waals surface area contributed by atoms with Crippen molar-refractivity contribution in [3.63, 3.8) is 0 Å². The Morgan fingerprint density at radius 2 is 2.10 bits per heavy atom. The third-order valence-corrected chi connectivity index (χ3v) is 3.39. The van der Waals surface area contributed by atoms with Crippen molar-refractivity contribution in [3.05, 3.63) is 60.7 Å². The molecule has 20 heavy (non-hydrogen) atoms. The fourth-order valence-electron chi connectivity index (χ4n) is 2.37. The van der Waals surface area contributed by atoms with Crippen molar-refractivity contribution < 1.29 is 0 Å². The summed E-state index contributed by atoms with van der Waals surface area (Å²) in [6.07, 6.45) is 8.66. The van der Waals surface area contributed by atoms with Crippen LogP contribution in [0.15, 0.2) is 55.1 Å². The molecule has 1 aromatic carbocycles. The summed E-state index contributed by atoms with van der Waals surface area (Å²) in [5.74, 6) is 0. The van der Waals surface area contributed by atoms with Crippen molar-refractivity contribution in [3.8, 4) is 0 Å². The van der Waals surface area contributed by atoms with Gasteiger partial charge in [0.15, 0.2) is 0 Å². The number of fused-ring (bicyclic) bond motifs is 1.